The molecule has 30 heavy (non-hydrogen) atoms. The van der Waals surface area contributed by atoms with Gasteiger partial charge in [-0.05, 0) is 42.5 Å². The van der Waals surface area contributed by atoms with E-state index in [0.717, 1.165) is 11.4 Å². The SMILES string of the molecule is COc1cccc(Nc2cc(N=NC(N)=S)c(=O)[nH]c2Nc2cccc(OC)c2)c1. The van der Waals surface area contributed by atoms with Crippen LogP contribution in [0.25, 0.3) is 0 Å². The second-order valence-corrected chi connectivity index (χ2v) is 6.44. The van der Waals surface area contributed by atoms with Gasteiger partial charge in [0.05, 0.1) is 19.9 Å². The number of benzene rings is 2. The van der Waals surface area contributed by atoms with Crippen LogP contribution in [0.1, 0.15) is 0 Å². The Kier molecular flexibility index (Phi) is 6.60. The number of ether oxygens (including phenoxy) is 2. The van der Waals surface area contributed by atoms with Gasteiger partial charge in [-0.15, -0.1) is 10.2 Å². The molecule has 3 aromatic rings. The van der Waals surface area contributed by atoms with Crippen molar-refractivity contribution in [3.63, 3.8) is 0 Å². The number of aromatic nitrogens is 1. The van der Waals surface area contributed by atoms with Crippen molar-refractivity contribution in [3.05, 3.63) is 65.0 Å². The highest BCUT2D eigenvalue weighted by molar-refractivity contribution is 7.80. The smallest absolute Gasteiger partial charge is 0.277 e. The number of rotatable bonds is 7. The van der Waals surface area contributed by atoms with Crippen LogP contribution in [0.15, 0.2) is 69.6 Å². The topological polar surface area (TPSA) is 126 Å². The number of aromatic amines is 1. The number of hydrogen-bond donors (Lipinski definition) is 4. The van der Waals surface area contributed by atoms with Crippen molar-refractivity contribution in [2.45, 2.75) is 0 Å². The van der Waals surface area contributed by atoms with E-state index >= 15 is 0 Å². The molecule has 0 aliphatic heterocycles. The maximum absolute atomic E-state index is 12.5. The molecular formula is C20H20N6O3S. The standard InChI is InChI=1S/C20H20N6O3S/c1-28-14-7-3-5-12(9-14)22-16-11-17(25-26-20(21)30)19(27)24-18(16)23-13-6-4-8-15(10-13)29-2/h3-11,22H,1-2H3,(H2,21,30)(H2,23,24,27). The average molecular weight is 424 g/mol. The van der Waals surface area contributed by atoms with Crippen LogP contribution in [0, 0.1) is 0 Å². The second-order valence-electron chi connectivity index (χ2n) is 6.02. The Hall–Kier alpha value is -3.92. The Morgan fingerprint density at radius 1 is 1.00 bits per heavy atom. The Bertz CT molecular complexity index is 1150. The molecule has 0 unspecified atom stereocenters. The van der Waals surface area contributed by atoms with Gasteiger partial charge in [-0.2, -0.15) is 0 Å². The zero-order valence-electron chi connectivity index (χ0n) is 16.3. The van der Waals surface area contributed by atoms with Gasteiger partial charge in [-0.25, -0.2) is 0 Å². The highest BCUT2D eigenvalue weighted by Gasteiger charge is 2.11. The summed E-state index contributed by atoms with van der Waals surface area (Å²) in [5.74, 6) is 1.77. The van der Waals surface area contributed by atoms with Crippen LogP contribution < -0.4 is 31.4 Å². The van der Waals surface area contributed by atoms with Crippen LogP contribution >= 0.6 is 12.2 Å². The number of H-pyrrole nitrogens is 1. The van der Waals surface area contributed by atoms with E-state index in [1.165, 1.54) is 0 Å². The first-order chi connectivity index (χ1) is 14.5. The third kappa shape index (κ3) is 5.32. The number of nitrogens with two attached hydrogens (primary N) is 1. The summed E-state index contributed by atoms with van der Waals surface area (Å²) in [5.41, 5.74) is 6.94. The van der Waals surface area contributed by atoms with Crippen molar-refractivity contribution in [1.29, 1.82) is 0 Å². The molecule has 0 spiro atoms. The van der Waals surface area contributed by atoms with Gasteiger partial charge in [-0.1, -0.05) is 12.1 Å². The molecule has 0 saturated heterocycles. The number of hydrogen-bond acceptors (Lipinski definition) is 7. The van der Waals surface area contributed by atoms with Gasteiger partial charge in [0.25, 0.3) is 5.56 Å². The Labute approximate surface area is 177 Å². The molecule has 5 N–H and O–H groups in total. The molecule has 0 saturated carbocycles. The molecule has 2 aromatic carbocycles. The maximum atomic E-state index is 12.5. The predicted octanol–water partition coefficient (Wildman–Crippen LogP) is 4.21. The van der Waals surface area contributed by atoms with E-state index in [4.69, 9.17) is 27.4 Å². The van der Waals surface area contributed by atoms with Crippen molar-refractivity contribution in [2.24, 2.45) is 16.0 Å². The summed E-state index contributed by atoms with van der Waals surface area (Å²) in [6.45, 7) is 0. The molecule has 0 aliphatic carbocycles. The molecule has 1 aromatic heterocycles. The number of nitrogens with zero attached hydrogens (tertiary/aromatic N) is 2. The van der Waals surface area contributed by atoms with Crippen LogP contribution in [-0.2, 0) is 0 Å². The predicted molar refractivity (Wildman–Crippen MR) is 121 cm³/mol. The third-order valence-electron chi connectivity index (χ3n) is 3.97. The highest BCUT2D eigenvalue weighted by Crippen LogP contribution is 2.30. The minimum absolute atomic E-state index is 0.0457. The van der Waals surface area contributed by atoms with Gasteiger partial charge < -0.3 is 30.8 Å². The molecule has 3 rings (SSSR count). The fourth-order valence-electron chi connectivity index (χ4n) is 2.60. The van der Waals surface area contributed by atoms with Crippen molar-refractivity contribution >= 4 is 45.9 Å². The number of anilines is 4. The summed E-state index contributed by atoms with van der Waals surface area (Å²) in [7, 11) is 3.17. The first-order valence-corrected chi connectivity index (χ1v) is 9.20. The quantitative estimate of drug-likeness (QED) is 0.331. The fourth-order valence-corrected chi connectivity index (χ4v) is 2.64. The summed E-state index contributed by atoms with van der Waals surface area (Å²) >= 11 is 4.69. The van der Waals surface area contributed by atoms with Crippen LogP contribution in [0.4, 0.5) is 28.6 Å². The van der Waals surface area contributed by atoms with Crippen molar-refractivity contribution in [2.75, 3.05) is 24.9 Å². The molecule has 0 aliphatic rings. The Morgan fingerprint density at radius 2 is 1.60 bits per heavy atom. The van der Waals surface area contributed by atoms with Crippen LogP contribution in [0.3, 0.4) is 0 Å². The van der Waals surface area contributed by atoms with E-state index in [9.17, 15) is 4.79 Å². The lowest BCUT2D eigenvalue weighted by Gasteiger charge is -2.15. The molecular weight excluding hydrogens is 404 g/mol. The lowest BCUT2D eigenvalue weighted by Crippen LogP contribution is -2.11. The Morgan fingerprint density at radius 3 is 2.17 bits per heavy atom. The van der Waals surface area contributed by atoms with Crippen molar-refractivity contribution < 1.29 is 9.47 Å². The van der Waals surface area contributed by atoms with Crippen LogP contribution in [-0.4, -0.2) is 24.3 Å². The number of pyridine rings is 1. The first kappa shape index (κ1) is 20.8. The van der Waals surface area contributed by atoms with Crippen LogP contribution in [0.5, 0.6) is 11.5 Å². The van der Waals surface area contributed by atoms with Gasteiger partial charge >= 0.3 is 0 Å². The van der Waals surface area contributed by atoms with Crippen molar-refractivity contribution in [3.8, 4) is 11.5 Å². The monoisotopic (exact) mass is 424 g/mol. The summed E-state index contributed by atoms with van der Waals surface area (Å²) in [4.78, 5) is 15.2. The summed E-state index contributed by atoms with van der Waals surface area (Å²) in [6, 6.07) is 16.2. The van der Waals surface area contributed by atoms with E-state index in [2.05, 4.69) is 25.8 Å². The normalized spacial score (nSPS) is 10.6. The van der Waals surface area contributed by atoms with E-state index < -0.39 is 5.56 Å². The zero-order valence-corrected chi connectivity index (χ0v) is 17.1. The van der Waals surface area contributed by atoms with Gasteiger partial charge in [0.15, 0.2) is 5.69 Å². The van der Waals surface area contributed by atoms with E-state index in [1.807, 2.05) is 42.5 Å². The molecule has 10 heteroatoms. The minimum atomic E-state index is -0.461. The maximum Gasteiger partial charge on any atom is 0.277 e. The molecule has 154 valence electrons. The Balaban J connectivity index is 2.03. The average Bonchev–Trinajstić information content (AvgIpc) is 2.74. The van der Waals surface area contributed by atoms with E-state index in [0.29, 0.717) is 23.0 Å². The number of nitrogens with one attached hydrogen (secondary N) is 3. The zero-order chi connectivity index (χ0) is 21.5. The fraction of sp³-hybridized carbons (Fsp3) is 0.100. The molecule has 9 nitrogen and oxygen atoms in total. The molecule has 0 fully saturated rings. The van der Waals surface area contributed by atoms with Gasteiger partial charge in [0.1, 0.15) is 17.3 Å². The molecule has 1 heterocycles. The first-order valence-electron chi connectivity index (χ1n) is 8.79. The number of azo groups is 1. The lowest BCUT2D eigenvalue weighted by molar-refractivity contribution is 0.415. The van der Waals surface area contributed by atoms with Crippen molar-refractivity contribution in [1.82, 2.24) is 4.98 Å². The van der Waals surface area contributed by atoms with Crippen LogP contribution in [0.2, 0.25) is 0 Å². The lowest BCUT2D eigenvalue weighted by atomic mass is 10.2. The molecule has 0 bridgehead atoms. The highest BCUT2D eigenvalue weighted by atomic mass is 32.1. The summed E-state index contributed by atoms with van der Waals surface area (Å²) in [6.07, 6.45) is 0. The van der Waals surface area contributed by atoms with Gasteiger partial charge in [-0.3, -0.25) is 4.79 Å². The third-order valence-corrected chi connectivity index (χ3v) is 4.05. The van der Waals surface area contributed by atoms with Gasteiger partial charge in [0.2, 0.25) is 5.11 Å². The number of thiocarbonyl (C=S) groups is 1. The summed E-state index contributed by atoms with van der Waals surface area (Å²) in [5, 5.41) is 13.7. The van der Waals surface area contributed by atoms with E-state index in [1.54, 1.807) is 26.4 Å². The summed E-state index contributed by atoms with van der Waals surface area (Å²) < 4.78 is 10.5. The number of methoxy groups -OCH3 is 2. The molecule has 0 atom stereocenters. The molecule has 0 amide bonds. The van der Waals surface area contributed by atoms with Gasteiger partial charge in [0, 0.05) is 23.5 Å². The van der Waals surface area contributed by atoms with E-state index in [-0.39, 0.29) is 10.8 Å². The molecule has 0 radical (unpaired) electrons. The minimum Gasteiger partial charge on any atom is -0.497 e. The second kappa shape index (κ2) is 9.52. The largest absolute Gasteiger partial charge is 0.497 e.